The van der Waals surface area contributed by atoms with Crippen molar-refractivity contribution in [3.8, 4) is 0 Å². The summed E-state index contributed by atoms with van der Waals surface area (Å²) >= 11 is 0. The fourth-order valence-corrected chi connectivity index (χ4v) is 3.06. The minimum absolute atomic E-state index is 0.390. The first kappa shape index (κ1) is 13.3. The van der Waals surface area contributed by atoms with Gasteiger partial charge in [0.2, 0.25) is 0 Å². The maximum atomic E-state index is 12.2. The number of nitrogens with zero attached hydrogens (tertiary/aromatic N) is 2. The van der Waals surface area contributed by atoms with Crippen LogP contribution >= 0.6 is 0 Å². The van der Waals surface area contributed by atoms with Crippen LogP contribution in [-0.4, -0.2) is 15.6 Å². The Morgan fingerprint density at radius 2 is 1.94 bits per heavy atom. The van der Waals surface area contributed by atoms with Crippen LogP contribution in [0.1, 0.15) is 55.5 Å². The summed E-state index contributed by atoms with van der Waals surface area (Å²) in [6, 6.07) is 0. The van der Waals surface area contributed by atoms with E-state index < -0.39 is 0 Å². The summed E-state index contributed by atoms with van der Waals surface area (Å²) in [7, 11) is 1.94. The standard InChI is InChI=1S/C15H24N2O/c1-11-15(12(2)17(3)16-11)10-14(18)9-13-7-5-4-6-8-13/h13H,4-10H2,1-3H3. The van der Waals surface area contributed by atoms with Crippen LogP contribution in [0.5, 0.6) is 0 Å². The molecule has 0 amide bonds. The predicted octanol–water partition coefficient (Wildman–Crippen LogP) is 3.12. The van der Waals surface area contributed by atoms with Gasteiger partial charge in [0.25, 0.3) is 0 Å². The number of Topliss-reactive ketones (excluding diaryl/α,β-unsaturated/α-hetero) is 1. The molecule has 1 aliphatic rings. The largest absolute Gasteiger partial charge is 0.299 e. The second kappa shape index (κ2) is 5.68. The molecule has 1 fully saturated rings. The van der Waals surface area contributed by atoms with Gasteiger partial charge in [-0.15, -0.1) is 0 Å². The van der Waals surface area contributed by atoms with E-state index in [9.17, 15) is 4.79 Å². The molecule has 0 N–H and O–H groups in total. The van der Waals surface area contributed by atoms with Gasteiger partial charge < -0.3 is 0 Å². The van der Waals surface area contributed by atoms with Gasteiger partial charge in [-0.05, 0) is 19.8 Å². The zero-order valence-electron chi connectivity index (χ0n) is 11.8. The van der Waals surface area contributed by atoms with E-state index in [2.05, 4.69) is 5.10 Å². The molecule has 2 rings (SSSR count). The number of aryl methyl sites for hydroxylation is 2. The molecule has 0 aromatic carbocycles. The van der Waals surface area contributed by atoms with Crippen molar-refractivity contribution in [1.29, 1.82) is 0 Å². The summed E-state index contributed by atoms with van der Waals surface area (Å²) in [5.74, 6) is 1.03. The van der Waals surface area contributed by atoms with Crippen molar-refractivity contribution >= 4 is 5.78 Å². The Labute approximate surface area is 110 Å². The van der Waals surface area contributed by atoms with Gasteiger partial charge in [-0.2, -0.15) is 5.10 Å². The Balaban J connectivity index is 1.94. The van der Waals surface area contributed by atoms with E-state index in [0.29, 0.717) is 18.1 Å². The lowest BCUT2D eigenvalue weighted by atomic mass is 9.85. The topological polar surface area (TPSA) is 34.9 Å². The maximum absolute atomic E-state index is 12.2. The molecule has 18 heavy (non-hydrogen) atoms. The average molecular weight is 248 g/mol. The van der Waals surface area contributed by atoms with Gasteiger partial charge in [0.1, 0.15) is 5.78 Å². The minimum atomic E-state index is 0.390. The van der Waals surface area contributed by atoms with Crippen molar-refractivity contribution in [1.82, 2.24) is 9.78 Å². The van der Waals surface area contributed by atoms with Crippen molar-refractivity contribution < 1.29 is 4.79 Å². The predicted molar refractivity (Wildman–Crippen MR) is 72.6 cm³/mol. The molecule has 1 heterocycles. The molecule has 0 spiro atoms. The molecule has 0 aliphatic heterocycles. The van der Waals surface area contributed by atoms with Gasteiger partial charge in [0.15, 0.2) is 0 Å². The van der Waals surface area contributed by atoms with E-state index >= 15 is 0 Å². The van der Waals surface area contributed by atoms with Crippen molar-refractivity contribution in [2.24, 2.45) is 13.0 Å². The van der Waals surface area contributed by atoms with Crippen molar-refractivity contribution in [2.75, 3.05) is 0 Å². The van der Waals surface area contributed by atoms with E-state index in [0.717, 1.165) is 23.4 Å². The van der Waals surface area contributed by atoms with E-state index in [1.54, 1.807) is 0 Å². The van der Waals surface area contributed by atoms with Crippen LogP contribution in [0.2, 0.25) is 0 Å². The van der Waals surface area contributed by atoms with Gasteiger partial charge in [0, 0.05) is 31.1 Å². The van der Waals surface area contributed by atoms with E-state index in [-0.39, 0.29) is 0 Å². The molecule has 100 valence electrons. The van der Waals surface area contributed by atoms with Crippen LogP contribution in [0, 0.1) is 19.8 Å². The lowest BCUT2D eigenvalue weighted by molar-refractivity contribution is -0.119. The normalized spacial score (nSPS) is 17.1. The Kier molecular flexibility index (Phi) is 4.20. The van der Waals surface area contributed by atoms with Crippen LogP contribution in [0.4, 0.5) is 0 Å². The highest BCUT2D eigenvalue weighted by atomic mass is 16.1. The van der Waals surface area contributed by atoms with E-state index in [4.69, 9.17) is 0 Å². The van der Waals surface area contributed by atoms with E-state index in [1.807, 2.05) is 25.6 Å². The summed E-state index contributed by atoms with van der Waals surface area (Å²) in [5.41, 5.74) is 3.27. The molecule has 0 unspecified atom stereocenters. The summed E-state index contributed by atoms with van der Waals surface area (Å²) in [4.78, 5) is 12.2. The van der Waals surface area contributed by atoms with Gasteiger partial charge in [-0.1, -0.05) is 32.1 Å². The van der Waals surface area contributed by atoms with Crippen LogP contribution in [0.15, 0.2) is 0 Å². The second-order valence-corrected chi connectivity index (χ2v) is 5.70. The summed E-state index contributed by atoms with van der Waals surface area (Å²) < 4.78 is 1.87. The monoisotopic (exact) mass is 248 g/mol. The van der Waals surface area contributed by atoms with Crippen molar-refractivity contribution in [2.45, 2.75) is 58.8 Å². The molecule has 1 aliphatic carbocycles. The molecule has 1 saturated carbocycles. The van der Waals surface area contributed by atoms with Crippen molar-refractivity contribution in [3.05, 3.63) is 17.0 Å². The fraction of sp³-hybridized carbons (Fsp3) is 0.733. The average Bonchev–Trinajstić information content (AvgIpc) is 2.57. The number of aromatic nitrogens is 2. The smallest absolute Gasteiger partial charge is 0.137 e. The third-order valence-electron chi connectivity index (χ3n) is 4.27. The van der Waals surface area contributed by atoms with Gasteiger partial charge >= 0.3 is 0 Å². The lowest BCUT2D eigenvalue weighted by Gasteiger charge is -2.20. The van der Waals surface area contributed by atoms with E-state index in [1.165, 1.54) is 32.1 Å². The number of hydrogen-bond donors (Lipinski definition) is 0. The number of carbonyl (C=O) groups excluding carboxylic acids is 1. The van der Waals surface area contributed by atoms with Crippen LogP contribution in [-0.2, 0) is 18.3 Å². The number of ketones is 1. The maximum Gasteiger partial charge on any atom is 0.137 e. The molecule has 1 aromatic heterocycles. The molecular formula is C15H24N2O. The highest BCUT2D eigenvalue weighted by Gasteiger charge is 2.19. The molecule has 1 aromatic rings. The van der Waals surface area contributed by atoms with Crippen molar-refractivity contribution in [3.63, 3.8) is 0 Å². The molecule has 0 radical (unpaired) electrons. The quantitative estimate of drug-likeness (QED) is 0.820. The van der Waals surface area contributed by atoms with Gasteiger partial charge in [-0.25, -0.2) is 0 Å². The number of carbonyl (C=O) groups is 1. The molecule has 0 bridgehead atoms. The zero-order valence-corrected chi connectivity index (χ0v) is 11.8. The number of rotatable bonds is 4. The van der Waals surface area contributed by atoms with Crippen LogP contribution in [0.3, 0.4) is 0 Å². The summed E-state index contributed by atoms with van der Waals surface area (Å²) in [6.07, 6.45) is 7.81. The Bertz CT molecular complexity index is 428. The molecule has 3 heteroatoms. The zero-order chi connectivity index (χ0) is 13.1. The van der Waals surface area contributed by atoms with Gasteiger partial charge in [-0.3, -0.25) is 9.48 Å². The highest BCUT2D eigenvalue weighted by molar-refractivity contribution is 5.81. The van der Waals surface area contributed by atoms with Gasteiger partial charge in [0.05, 0.1) is 5.69 Å². The Hall–Kier alpha value is -1.12. The first-order valence-electron chi connectivity index (χ1n) is 7.08. The first-order chi connectivity index (χ1) is 8.58. The Morgan fingerprint density at radius 1 is 1.28 bits per heavy atom. The Morgan fingerprint density at radius 3 is 2.50 bits per heavy atom. The third-order valence-corrected chi connectivity index (χ3v) is 4.27. The molecular weight excluding hydrogens is 224 g/mol. The SMILES string of the molecule is Cc1nn(C)c(C)c1CC(=O)CC1CCCCC1. The molecule has 0 saturated heterocycles. The molecule has 0 atom stereocenters. The minimum Gasteiger partial charge on any atom is -0.299 e. The molecule has 3 nitrogen and oxygen atoms in total. The summed E-state index contributed by atoms with van der Waals surface area (Å²) in [5, 5.41) is 4.37. The van der Waals surface area contributed by atoms with Crippen LogP contribution in [0.25, 0.3) is 0 Å². The lowest BCUT2D eigenvalue weighted by Crippen LogP contribution is -2.14. The fourth-order valence-electron chi connectivity index (χ4n) is 3.06. The first-order valence-corrected chi connectivity index (χ1v) is 7.08. The highest BCUT2D eigenvalue weighted by Crippen LogP contribution is 2.27. The second-order valence-electron chi connectivity index (χ2n) is 5.70. The van der Waals surface area contributed by atoms with Crippen LogP contribution < -0.4 is 0 Å². The number of hydrogen-bond acceptors (Lipinski definition) is 2. The summed E-state index contributed by atoms with van der Waals surface area (Å²) in [6.45, 7) is 4.04. The third kappa shape index (κ3) is 3.01.